The van der Waals surface area contributed by atoms with Crippen molar-refractivity contribution in [3.05, 3.63) is 53.9 Å². The Hall–Kier alpha value is -2.37. The smallest absolute Gasteiger partial charge is 0.417 e. The number of carboxylic acid groups (broad SMARTS) is 1. The molecule has 0 saturated carbocycles. The molecule has 2 heterocycles. The number of sulfonamides is 1. The molecule has 0 spiro atoms. The summed E-state index contributed by atoms with van der Waals surface area (Å²) in [6, 6.07) is 6.35. The molecule has 1 aromatic carbocycles. The van der Waals surface area contributed by atoms with E-state index in [1.807, 2.05) is 0 Å². The molecule has 0 radical (unpaired) electrons. The lowest BCUT2D eigenvalue weighted by Gasteiger charge is -2.36. The van der Waals surface area contributed by atoms with Crippen LogP contribution in [-0.4, -0.2) is 48.1 Å². The van der Waals surface area contributed by atoms with Gasteiger partial charge >= 0.3 is 12.1 Å². The SMILES string of the molecule is O=C(O)COCC1c2cccn2CCN1S(=O)(=O)c1ccccc1C(F)(F)F. The van der Waals surface area contributed by atoms with Gasteiger partial charge in [-0.2, -0.15) is 17.5 Å². The van der Waals surface area contributed by atoms with E-state index in [1.165, 1.54) is 6.07 Å². The van der Waals surface area contributed by atoms with Crippen LogP contribution in [0.4, 0.5) is 13.2 Å². The Morgan fingerprint density at radius 3 is 2.57 bits per heavy atom. The summed E-state index contributed by atoms with van der Waals surface area (Å²) in [7, 11) is -4.52. The lowest BCUT2D eigenvalue weighted by Crippen LogP contribution is -2.44. The minimum Gasteiger partial charge on any atom is -0.480 e. The van der Waals surface area contributed by atoms with E-state index < -0.39 is 45.3 Å². The second kappa shape index (κ2) is 7.57. The zero-order valence-corrected chi connectivity index (χ0v) is 15.3. The van der Waals surface area contributed by atoms with Gasteiger partial charge in [0.1, 0.15) is 6.61 Å². The number of carboxylic acids is 1. The lowest BCUT2D eigenvalue weighted by atomic mass is 10.2. The molecular formula is C17H17F3N2O5S. The van der Waals surface area contributed by atoms with Crippen LogP contribution in [0.3, 0.4) is 0 Å². The van der Waals surface area contributed by atoms with E-state index in [9.17, 15) is 26.4 Å². The van der Waals surface area contributed by atoms with Crippen LogP contribution in [0, 0.1) is 0 Å². The maximum absolute atomic E-state index is 13.3. The van der Waals surface area contributed by atoms with Gasteiger partial charge in [0, 0.05) is 25.0 Å². The summed E-state index contributed by atoms with van der Waals surface area (Å²) >= 11 is 0. The van der Waals surface area contributed by atoms with Crippen molar-refractivity contribution in [2.45, 2.75) is 23.7 Å². The number of hydrogen-bond acceptors (Lipinski definition) is 4. The van der Waals surface area contributed by atoms with Crippen LogP contribution in [-0.2, 0) is 32.3 Å². The predicted molar refractivity (Wildman–Crippen MR) is 91.0 cm³/mol. The van der Waals surface area contributed by atoms with Crippen molar-refractivity contribution in [1.29, 1.82) is 0 Å². The van der Waals surface area contributed by atoms with Crippen LogP contribution in [0.15, 0.2) is 47.5 Å². The van der Waals surface area contributed by atoms with Crippen LogP contribution >= 0.6 is 0 Å². The van der Waals surface area contributed by atoms with Crippen molar-refractivity contribution in [1.82, 2.24) is 8.87 Å². The fraction of sp³-hybridized carbons (Fsp3) is 0.353. The van der Waals surface area contributed by atoms with E-state index in [1.54, 1.807) is 22.9 Å². The Balaban J connectivity index is 2.02. The molecule has 0 amide bonds. The highest BCUT2D eigenvalue weighted by molar-refractivity contribution is 7.89. The summed E-state index contributed by atoms with van der Waals surface area (Å²) in [6.45, 7) is -0.767. The molecule has 1 aromatic heterocycles. The number of benzene rings is 1. The molecule has 3 rings (SSSR count). The molecular weight excluding hydrogens is 401 g/mol. The van der Waals surface area contributed by atoms with Crippen LogP contribution in [0.5, 0.6) is 0 Å². The van der Waals surface area contributed by atoms with Crippen LogP contribution < -0.4 is 0 Å². The number of aromatic nitrogens is 1. The van der Waals surface area contributed by atoms with Gasteiger partial charge in [-0.05, 0) is 24.3 Å². The average molecular weight is 418 g/mol. The molecule has 1 atom stereocenters. The Kier molecular flexibility index (Phi) is 5.50. The van der Waals surface area contributed by atoms with Crippen molar-refractivity contribution in [2.24, 2.45) is 0 Å². The molecule has 0 saturated heterocycles. The van der Waals surface area contributed by atoms with Crippen molar-refractivity contribution in [3.63, 3.8) is 0 Å². The number of nitrogens with zero attached hydrogens (tertiary/aromatic N) is 2. The first kappa shape index (κ1) is 20.4. The Morgan fingerprint density at radius 2 is 1.89 bits per heavy atom. The van der Waals surface area contributed by atoms with Crippen molar-refractivity contribution < 1.29 is 36.2 Å². The normalized spacial score (nSPS) is 18.0. The minimum atomic E-state index is -4.84. The topological polar surface area (TPSA) is 88.8 Å². The summed E-state index contributed by atoms with van der Waals surface area (Å²) in [4.78, 5) is 9.86. The van der Waals surface area contributed by atoms with Gasteiger partial charge in [0.15, 0.2) is 0 Å². The standard InChI is InChI=1S/C17H17F3N2O5S/c18-17(19,20)12-4-1-2-6-15(12)28(25,26)22-9-8-21-7-3-5-13(21)14(22)10-27-11-16(23)24/h1-7,14H,8-11H2,(H,23,24). The summed E-state index contributed by atoms with van der Waals surface area (Å²) in [5.41, 5.74) is -0.731. The second-order valence-corrected chi connectivity index (χ2v) is 8.02. The van der Waals surface area contributed by atoms with Crippen LogP contribution in [0.1, 0.15) is 17.3 Å². The molecule has 0 aliphatic carbocycles. The summed E-state index contributed by atoms with van der Waals surface area (Å²) in [5, 5.41) is 8.74. The van der Waals surface area contributed by atoms with Gasteiger partial charge in [-0.1, -0.05) is 12.1 Å². The van der Waals surface area contributed by atoms with Gasteiger partial charge in [-0.25, -0.2) is 13.2 Å². The van der Waals surface area contributed by atoms with Gasteiger partial charge in [-0.3, -0.25) is 0 Å². The third-order valence-electron chi connectivity index (χ3n) is 4.40. The lowest BCUT2D eigenvalue weighted by molar-refractivity contribution is -0.143. The number of hydrogen-bond donors (Lipinski definition) is 1. The molecule has 28 heavy (non-hydrogen) atoms. The van der Waals surface area contributed by atoms with E-state index in [2.05, 4.69) is 0 Å². The molecule has 1 aliphatic heterocycles. The number of halogens is 3. The second-order valence-electron chi connectivity index (χ2n) is 6.16. The molecule has 7 nitrogen and oxygen atoms in total. The molecule has 2 aromatic rings. The summed E-state index contributed by atoms with van der Waals surface area (Å²) in [6.07, 6.45) is -3.12. The largest absolute Gasteiger partial charge is 0.480 e. The summed E-state index contributed by atoms with van der Waals surface area (Å²) in [5.74, 6) is -1.23. The maximum atomic E-state index is 13.3. The third kappa shape index (κ3) is 3.91. The molecule has 0 fully saturated rings. The van der Waals surface area contributed by atoms with E-state index in [0.29, 0.717) is 5.69 Å². The van der Waals surface area contributed by atoms with Gasteiger partial charge in [0.25, 0.3) is 0 Å². The van der Waals surface area contributed by atoms with Crippen LogP contribution in [0.2, 0.25) is 0 Å². The van der Waals surface area contributed by atoms with Crippen LogP contribution in [0.25, 0.3) is 0 Å². The zero-order valence-electron chi connectivity index (χ0n) is 14.5. The molecule has 152 valence electrons. The number of ether oxygens (including phenoxy) is 1. The Labute approximate surface area is 159 Å². The first-order valence-electron chi connectivity index (χ1n) is 8.25. The molecule has 1 unspecified atom stereocenters. The number of carbonyl (C=O) groups is 1. The number of aliphatic carboxylic acids is 1. The molecule has 0 bridgehead atoms. The zero-order chi connectivity index (χ0) is 20.5. The van der Waals surface area contributed by atoms with E-state index in [0.717, 1.165) is 22.5 Å². The quantitative estimate of drug-likeness (QED) is 0.778. The first-order chi connectivity index (χ1) is 13.1. The maximum Gasteiger partial charge on any atom is 0.417 e. The van der Waals surface area contributed by atoms with Gasteiger partial charge in [0.05, 0.1) is 23.1 Å². The third-order valence-corrected chi connectivity index (χ3v) is 6.36. The monoisotopic (exact) mass is 418 g/mol. The molecule has 1 N–H and O–H groups in total. The van der Waals surface area contributed by atoms with E-state index in [-0.39, 0.29) is 19.7 Å². The van der Waals surface area contributed by atoms with Crippen molar-refractivity contribution in [2.75, 3.05) is 19.8 Å². The fourth-order valence-corrected chi connectivity index (χ4v) is 5.00. The van der Waals surface area contributed by atoms with Gasteiger partial charge in [0.2, 0.25) is 10.0 Å². The van der Waals surface area contributed by atoms with E-state index >= 15 is 0 Å². The summed E-state index contributed by atoms with van der Waals surface area (Å²) < 4.78 is 74.1. The highest BCUT2D eigenvalue weighted by Crippen LogP contribution is 2.38. The number of fused-ring (bicyclic) bond motifs is 1. The number of alkyl halides is 3. The highest BCUT2D eigenvalue weighted by Gasteiger charge is 2.42. The van der Waals surface area contributed by atoms with E-state index in [4.69, 9.17) is 9.84 Å². The molecule has 11 heteroatoms. The molecule has 1 aliphatic rings. The highest BCUT2D eigenvalue weighted by atomic mass is 32.2. The fourth-order valence-electron chi connectivity index (χ4n) is 3.21. The Morgan fingerprint density at radius 1 is 1.18 bits per heavy atom. The number of rotatable bonds is 6. The Bertz CT molecular complexity index is 971. The van der Waals surface area contributed by atoms with Gasteiger partial charge < -0.3 is 14.4 Å². The average Bonchev–Trinajstić information content (AvgIpc) is 3.09. The predicted octanol–water partition coefficient (Wildman–Crippen LogP) is 2.35. The first-order valence-corrected chi connectivity index (χ1v) is 9.69. The van der Waals surface area contributed by atoms with Crippen molar-refractivity contribution >= 4 is 16.0 Å². The minimum absolute atomic E-state index is 0.0721. The van der Waals surface area contributed by atoms with Crippen molar-refractivity contribution in [3.8, 4) is 0 Å². The van der Waals surface area contributed by atoms with Gasteiger partial charge in [-0.15, -0.1) is 0 Å².